The molecule has 4 aromatic rings. The van der Waals surface area contributed by atoms with E-state index in [1.165, 1.54) is 0 Å². The van der Waals surface area contributed by atoms with Crippen LogP contribution in [0.5, 0.6) is 0 Å². The molecule has 0 fully saturated rings. The monoisotopic (exact) mass is 523 g/mol. The molecule has 0 aromatic heterocycles. The molecule has 4 rings (SSSR count). The number of hydrogen-bond acceptors (Lipinski definition) is 4. The van der Waals surface area contributed by atoms with E-state index < -0.39 is 0 Å². The van der Waals surface area contributed by atoms with Crippen molar-refractivity contribution in [2.24, 2.45) is 0 Å². The first-order chi connectivity index (χ1) is 19.2. The van der Waals surface area contributed by atoms with E-state index in [1.807, 2.05) is 133 Å². The Morgan fingerprint density at radius 1 is 0.615 bits per heavy atom. The average molecular weight is 524 g/mol. The summed E-state index contributed by atoms with van der Waals surface area (Å²) in [4.78, 5) is 15.5. The second-order valence-corrected chi connectivity index (χ2v) is 9.56. The van der Waals surface area contributed by atoms with Crippen molar-refractivity contribution >= 4 is 5.91 Å². The molecule has 2 unspecified atom stereocenters. The number of carbonyl (C=O) groups is 1. The summed E-state index contributed by atoms with van der Waals surface area (Å²) in [6, 6.07) is 39.7. The van der Waals surface area contributed by atoms with Gasteiger partial charge >= 0.3 is 0 Å². The Labute approximate surface area is 232 Å². The van der Waals surface area contributed by atoms with Crippen LogP contribution >= 0.6 is 0 Å². The van der Waals surface area contributed by atoms with Crippen molar-refractivity contribution in [2.75, 3.05) is 13.2 Å². The molecule has 0 saturated carbocycles. The summed E-state index contributed by atoms with van der Waals surface area (Å²) in [6.07, 6.45) is -0.275. The predicted octanol–water partition coefficient (Wildman–Crippen LogP) is 6.42. The molecule has 39 heavy (non-hydrogen) atoms. The van der Waals surface area contributed by atoms with E-state index in [4.69, 9.17) is 14.2 Å². The first kappa shape index (κ1) is 28.2. The van der Waals surface area contributed by atoms with Gasteiger partial charge in [0.25, 0.3) is 0 Å². The second-order valence-electron chi connectivity index (χ2n) is 9.56. The van der Waals surface area contributed by atoms with Crippen LogP contribution in [0, 0.1) is 0 Å². The lowest BCUT2D eigenvalue weighted by Gasteiger charge is -2.35. The summed E-state index contributed by atoms with van der Waals surface area (Å²) >= 11 is 0. The maximum Gasteiger partial charge on any atom is 0.249 e. The largest absolute Gasteiger partial charge is 0.375 e. The summed E-state index contributed by atoms with van der Waals surface area (Å²) in [5.41, 5.74) is 4.24. The highest BCUT2D eigenvalue weighted by Gasteiger charge is 2.30. The highest BCUT2D eigenvalue weighted by Crippen LogP contribution is 2.18. The van der Waals surface area contributed by atoms with Crippen molar-refractivity contribution in [3.05, 3.63) is 144 Å². The maximum atomic E-state index is 13.7. The standard InChI is InChI=1S/C34H37NO4/c1-28(39-25-32-20-12-5-13-21-32)33(26-37-23-30-16-8-3-9-17-30)35(22-29-14-6-2-7-15-29)34(36)27-38-24-31-18-10-4-11-19-31/h2-21,28,33H,22-27H2,1H3. The molecule has 202 valence electrons. The second kappa shape index (κ2) is 15.6. The van der Waals surface area contributed by atoms with E-state index >= 15 is 0 Å². The fourth-order valence-electron chi connectivity index (χ4n) is 4.35. The fourth-order valence-corrected chi connectivity index (χ4v) is 4.35. The van der Waals surface area contributed by atoms with Crippen molar-refractivity contribution in [2.45, 2.75) is 45.4 Å². The van der Waals surface area contributed by atoms with Crippen LogP contribution in [0.3, 0.4) is 0 Å². The van der Waals surface area contributed by atoms with E-state index in [0.717, 1.165) is 22.3 Å². The van der Waals surface area contributed by atoms with Gasteiger partial charge in [0.05, 0.1) is 38.6 Å². The number of benzene rings is 4. The molecule has 0 spiro atoms. The fraction of sp³-hybridized carbons (Fsp3) is 0.265. The van der Waals surface area contributed by atoms with Gasteiger partial charge in [-0.15, -0.1) is 0 Å². The van der Waals surface area contributed by atoms with E-state index in [-0.39, 0.29) is 24.7 Å². The third-order valence-electron chi connectivity index (χ3n) is 6.55. The zero-order chi connectivity index (χ0) is 27.1. The van der Waals surface area contributed by atoms with E-state index in [2.05, 4.69) is 0 Å². The van der Waals surface area contributed by atoms with Gasteiger partial charge in [-0.25, -0.2) is 0 Å². The van der Waals surface area contributed by atoms with Gasteiger partial charge in [0.1, 0.15) is 6.61 Å². The molecule has 0 bridgehead atoms. The smallest absolute Gasteiger partial charge is 0.249 e. The number of hydrogen-bond donors (Lipinski definition) is 0. The molecule has 0 aliphatic rings. The Bertz CT molecular complexity index is 1220. The van der Waals surface area contributed by atoms with Crippen molar-refractivity contribution < 1.29 is 19.0 Å². The predicted molar refractivity (Wildman–Crippen MR) is 154 cm³/mol. The molecule has 2 atom stereocenters. The van der Waals surface area contributed by atoms with Crippen LogP contribution in [0.4, 0.5) is 0 Å². The van der Waals surface area contributed by atoms with Crippen molar-refractivity contribution in [3.8, 4) is 0 Å². The molecule has 0 N–H and O–H groups in total. The molecule has 0 saturated heterocycles. The minimum atomic E-state index is -0.314. The Kier molecular flexibility index (Phi) is 11.3. The summed E-state index contributed by atoms with van der Waals surface area (Å²) in [5.74, 6) is -0.0988. The SMILES string of the molecule is CC(OCc1ccccc1)C(COCc1ccccc1)N(Cc1ccccc1)C(=O)COCc1ccccc1. The van der Waals surface area contributed by atoms with Crippen LogP contribution in [0.1, 0.15) is 29.2 Å². The van der Waals surface area contributed by atoms with Crippen molar-refractivity contribution in [1.29, 1.82) is 0 Å². The summed E-state index contributed by atoms with van der Waals surface area (Å²) < 4.78 is 18.4. The third kappa shape index (κ3) is 9.48. The molecule has 0 radical (unpaired) electrons. The zero-order valence-corrected chi connectivity index (χ0v) is 22.5. The zero-order valence-electron chi connectivity index (χ0n) is 22.5. The van der Waals surface area contributed by atoms with Crippen LogP contribution in [-0.2, 0) is 45.4 Å². The minimum absolute atomic E-state index is 0.0255. The van der Waals surface area contributed by atoms with E-state index in [9.17, 15) is 4.79 Å². The minimum Gasteiger partial charge on any atom is -0.375 e. The topological polar surface area (TPSA) is 48.0 Å². The Morgan fingerprint density at radius 3 is 1.56 bits per heavy atom. The molecule has 4 aromatic carbocycles. The van der Waals surface area contributed by atoms with Crippen LogP contribution in [0.25, 0.3) is 0 Å². The normalized spacial score (nSPS) is 12.5. The van der Waals surface area contributed by atoms with E-state index in [0.29, 0.717) is 33.0 Å². The number of carbonyl (C=O) groups excluding carboxylic acids is 1. The molecule has 1 amide bonds. The van der Waals surface area contributed by atoms with Gasteiger partial charge in [-0.2, -0.15) is 0 Å². The Morgan fingerprint density at radius 2 is 1.05 bits per heavy atom. The van der Waals surface area contributed by atoms with Gasteiger partial charge in [-0.3, -0.25) is 4.79 Å². The lowest BCUT2D eigenvalue weighted by Crippen LogP contribution is -2.50. The van der Waals surface area contributed by atoms with Crippen molar-refractivity contribution in [1.82, 2.24) is 4.90 Å². The van der Waals surface area contributed by atoms with Crippen LogP contribution in [0.2, 0.25) is 0 Å². The molecule has 5 heteroatoms. The van der Waals surface area contributed by atoms with Crippen molar-refractivity contribution in [3.63, 3.8) is 0 Å². The molecule has 0 heterocycles. The first-order valence-electron chi connectivity index (χ1n) is 13.4. The van der Waals surface area contributed by atoms with Crippen LogP contribution in [0.15, 0.2) is 121 Å². The number of ether oxygens (including phenoxy) is 3. The molecule has 0 aliphatic carbocycles. The Hall–Kier alpha value is -3.77. The molecular weight excluding hydrogens is 486 g/mol. The Balaban J connectivity index is 1.49. The summed E-state index contributed by atoms with van der Waals surface area (Å²) in [6.45, 7) is 4.05. The van der Waals surface area contributed by atoms with Gasteiger partial charge in [0.15, 0.2) is 0 Å². The lowest BCUT2D eigenvalue weighted by atomic mass is 10.1. The van der Waals surface area contributed by atoms with Gasteiger partial charge in [-0.05, 0) is 29.2 Å². The summed E-state index contributed by atoms with van der Waals surface area (Å²) in [7, 11) is 0. The average Bonchev–Trinajstić information content (AvgIpc) is 2.99. The van der Waals surface area contributed by atoms with Gasteiger partial charge < -0.3 is 19.1 Å². The first-order valence-corrected chi connectivity index (χ1v) is 13.4. The van der Waals surface area contributed by atoms with Crippen LogP contribution in [-0.4, -0.2) is 36.2 Å². The number of amides is 1. The molecule has 0 aliphatic heterocycles. The lowest BCUT2D eigenvalue weighted by molar-refractivity contribution is -0.146. The summed E-state index contributed by atoms with van der Waals surface area (Å²) in [5, 5.41) is 0. The third-order valence-corrected chi connectivity index (χ3v) is 6.55. The maximum absolute atomic E-state index is 13.7. The van der Waals surface area contributed by atoms with E-state index in [1.54, 1.807) is 0 Å². The number of nitrogens with zero attached hydrogens (tertiary/aromatic N) is 1. The highest BCUT2D eigenvalue weighted by molar-refractivity contribution is 5.78. The highest BCUT2D eigenvalue weighted by atomic mass is 16.5. The van der Waals surface area contributed by atoms with Gasteiger partial charge in [-0.1, -0.05) is 121 Å². The molecule has 5 nitrogen and oxygen atoms in total. The quantitative estimate of drug-likeness (QED) is 0.180. The van der Waals surface area contributed by atoms with Gasteiger partial charge in [0, 0.05) is 6.54 Å². The van der Waals surface area contributed by atoms with Crippen LogP contribution < -0.4 is 0 Å². The molecular formula is C34H37NO4. The van der Waals surface area contributed by atoms with Gasteiger partial charge in [0.2, 0.25) is 5.91 Å². The number of rotatable bonds is 15.